The Morgan fingerprint density at radius 1 is 0.500 bits per heavy atom. The summed E-state index contributed by atoms with van der Waals surface area (Å²) in [5.41, 5.74) is -0.139. The molecule has 50 heavy (non-hydrogen) atoms. The summed E-state index contributed by atoms with van der Waals surface area (Å²) in [6.45, 7) is 14.2. The van der Waals surface area contributed by atoms with Gasteiger partial charge in [0.05, 0.1) is 12.8 Å². The first-order valence-electron chi connectivity index (χ1n) is 18.5. The van der Waals surface area contributed by atoms with Crippen LogP contribution in [-0.2, 0) is 47.6 Å². The van der Waals surface area contributed by atoms with Crippen molar-refractivity contribution in [1.29, 1.82) is 0 Å². The molecule has 0 unspecified atom stereocenters. The first kappa shape index (κ1) is 37.9. The third-order valence-electron chi connectivity index (χ3n) is 12.5. The summed E-state index contributed by atoms with van der Waals surface area (Å²) in [6, 6.07) is 0. The SMILES string of the molecule is C=C(C)C(=O)OCCOC(=O)CCC(=O)OC1(C)C2CC3CC(C2)CC1C3.C=C(C)C(=O)OCCOC(=O)OC1(C)C2CC3CC(C2)CC1C3. The zero-order chi connectivity index (χ0) is 36.2. The molecule has 8 aliphatic carbocycles. The van der Waals surface area contributed by atoms with Crippen molar-refractivity contribution in [3.05, 3.63) is 24.3 Å². The Morgan fingerprint density at radius 2 is 0.840 bits per heavy atom. The number of esters is 4. The third kappa shape index (κ3) is 8.91. The topological polar surface area (TPSA) is 141 Å². The van der Waals surface area contributed by atoms with E-state index < -0.39 is 24.1 Å². The lowest BCUT2D eigenvalue weighted by molar-refractivity contribution is -0.203. The Labute approximate surface area is 296 Å². The van der Waals surface area contributed by atoms with Gasteiger partial charge in [0.1, 0.15) is 37.6 Å². The number of carbonyl (C=O) groups excluding carboxylic acids is 5. The van der Waals surface area contributed by atoms with E-state index in [1.165, 1.54) is 64.2 Å². The molecule has 8 bridgehead atoms. The van der Waals surface area contributed by atoms with Gasteiger partial charge in [0, 0.05) is 11.1 Å². The molecule has 11 nitrogen and oxygen atoms in total. The molecule has 0 saturated heterocycles. The molecule has 8 saturated carbocycles. The second-order valence-electron chi connectivity index (χ2n) is 16.2. The molecule has 0 heterocycles. The summed E-state index contributed by atoms with van der Waals surface area (Å²) in [6.07, 6.45) is 11.4. The van der Waals surface area contributed by atoms with Gasteiger partial charge < -0.3 is 28.4 Å². The summed E-state index contributed by atoms with van der Waals surface area (Å²) in [4.78, 5) is 58.5. The van der Waals surface area contributed by atoms with Crippen molar-refractivity contribution < 1.29 is 52.4 Å². The minimum absolute atomic E-state index is 0.00845. The Morgan fingerprint density at radius 3 is 1.24 bits per heavy atom. The van der Waals surface area contributed by atoms with Crippen molar-refractivity contribution in [2.24, 2.45) is 47.3 Å². The van der Waals surface area contributed by atoms with Crippen LogP contribution in [0.4, 0.5) is 4.79 Å². The number of ether oxygens (including phenoxy) is 6. The molecule has 278 valence electrons. The maximum Gasteiger partial charge on any atom is 0.508 e. The summed E-state index contributed by atoms with van der Waals surface area (Å²) in [5, 5.41) is 0. The lowest BCUT2D eigenvalue weighted by atomic mass is 9.50. The number of hydrogen-bond acceptors (Lipinski definition) is 11. The van der Waals surface area contributed by atoms with Gasteiger partial charge in [-0.3, -0.25) is 9.59 Å². The van der Waals surface area contributed by atoms with E-state index in [2.05, 4.69) is 27.0 Å². The average molecular weight is 701 g/mol. The third-order valence-corrected chi connectivity index (χ3v) is 12.5. The Bertz CT molecular complexity index is 1270. The van der Waals surface area contributed by atoms with E-state index in [9.17, 15) is 24.0 Å². The fraction of sp³-hybridized carbons (Fsp3) is 0.769. The summed E-state index contributed by atoms with van der Waals surface area (Å²) in [5.74, 6) is 3.33. The quantitative estimate of drug-likeness (QED) is 0.0882. The van der Waals surface area contributed by atoms with E-state index >= 15 is 0 Å². The fourth-order valence-corrected chi connectivity index (χ4v) is 10.2. The Balaban J connectivity index is 0.000000197. The van der Waals surface area contributed by atoms with E-state index in [-0.39, 0.29) is 56.4 Å². The maximum absolute atomic E-state index is 12.3. The molecule has 0 aliphatic heterocycles. The van der Waals surface area contributed by atoms with Crippen LogP contribution in [0.25, 0.3) is 0 Å². The molecular formula is C39H56O11. The number of carbonyl (C=O) groups is 5. The van der Waals surface area contributed by atoms with Crippen LogP contribution in [0.1, 0.15) is 105 Å². The van der Waals surface area contributed by atoms with Crippen molar-refractivity contribution in [3.63, 3.8) is 0 Å². The van der Waals surface area contributed by atoms with Gasteiger partial charge in [0.15, 0.2) is 0 Å². The first-order valence-corrected chi connectivity index (χ1v) is 18.5. The maximum atomic E-state index is 12.3. The standard InChI is InChI=1S/C21H30O6.C18H26O5/c1-13(2)20(24)26-7-6-25-18(22)4-5-19(23)27-21(3)16-9-14-8-15(11-16)12-17(21)10-14;1-11(2)16(19)21-4-5-22-17(20)23-18(3)14-7-12-6-13(9-14)10-15(18)8-12/h14-17H,1,4-12H2,2-3H3;12-15H,1,4-10H2,2-3H3. The second-order valence-corrected chi connectivity index (χ2v) is 16.2. The van der Waals surface area contributed by atoms with E-state index in [1.54, 1.807) is 13.8 Å². The van der Waals surface area contributed by atoms with Crippen molar-refractivity contribution in [2.75, 3.05) is 26.4 Å². The highest BCUT2D eigenvalue weighted by Crippen LogP contribution is 2.60. The van der Waals surface area contributed by atoms with E-state index in [1.807, 2.05) is 0 Å². The van der Waals surface area contributed by atoms with E-state index in [0.29, 0.717) is 34.8 Å². The molecule has 0 radical (unpaired) electrons. The Kier molecular flexibility index (Phi) is 12.0. The van der Waals surface area contributed by atoms with Crippen LogP contribution in [-0.4, -0.2) is 67.7 Å². The summed E-state index contributed by atoms with van der Waals surface area (Å²) in [7, 11) is 0. The Hall–Kier alpha value is -3.37. The zero-order valence-electron chi connectivity index (χ0n) is 30.3. The molecule has 0 spiro atoms. The van der Waals surface area contributed by atoms with Gasteiger partial charge in [-0.05, 0) is 139 Å². The van der Waals surface area contributed by atoms with Crippen molar-refractivity contribution in [3.8, 4) is 0 Å². The van der Waals surface area contributed by atoms with Crippen LogP contribution in [0.5, 0.6) is 0 Å². The predicted octanol–water partition coefficient (Wildman–Crippen LogP) is 6.66. The summed E-state index contributed by atoms with van der Waals surface area (Å²) >= 11 is 0. The monoisotopic (exact) mass is 700 g/mol. The molecule has 8 aliphatic rings. The van der Waals surface area contributed by atoms with Crippen molar-refractivity contribution >= 4 is 30.0 Å². The molecule has 8 fully saturated rings. The van der Waals surface area contributed by atoms with Crippen LogP contribution in [0.2, 0.25) is 0 Å². The van der Waals surface area contributed by atoms with Crippen molar-refractivity contribution in [2.45, 2.75) is 116 Å². The molecule has 0 atom stereocenters. The van der Waals surface area contributed by atoms with Crippen LogP contribution < -0.4 is 0 Å². The van der Waals surface area contributed by atoms with Crippen molar-refractivity contribution in [1.82, 2.24) is 0 Å². The lowest BCUT2D eigenvalue weighted by Gasteiger charge is -2.59. The fourth-order valence-electron chi connectivity index (χ4n) is 10.2. The highest BCUT2D eigenvalue weighted by Gasteiger charge is 2.58. The van der Waals surface area contributed by atoms with E-state index in [4.69, 9.17) is 28.4 Å². The van der Waals surface area contributed by atoms with Crippen LogP contribution in [0.15, 0.2) is 24.3 Å². The number of hydrogen-bond donors (Lipinski definition) is 0. The minimum Gasteiger partial charge on any atom is -0.462 e. The second kappa shape index (κ2) is 15.9. The molecule has 0 N–H and O–H groups in total. The minimum atomic E-state index is -0.647. The molecule has 0 amide bonds. The van der Waals surface area contributed by atoms with Gasteiger partial charge >= 0.3 is 30.0 Å². The zero-order valence-corrected chi connectivity index (χ0v) is 30.3. The smallest absolute Gasteiger partial charge is 0.462 e. The van der Waals surface area contributed by atoms with Gasteiger partial charge in [0.2, 0.25) is 0 Å². The largest absolute Gasteiger partial charge is 0.508 e. The number of rotatable bonds is 13. The first-order chi connectivity index (χ1) is 23.7. The van der Waals surface area contributed by atoms with E-state index in [0.717, 1.165) is 23.7 Å². The predicted molar refractivity (Wildman–Crippen MR) is 181 cm³/mol. The molecule has 11 heteroatoms. The molecule has 0 aromatic carbocycles. The van der Waals surface area contributed by atoms with Gasteiger partial charge in [-0.1, -0.05) is 13.2 Å². The van der Waals surface area contributed by atoms with Crippen LogP contribution in [0.3, 0.4) is 0 Å². The van der Waals surface area contributed by atoms with Gasteiger partial charge in [-0.2, -0.15) is 0 Å². The summed E-state index contributed by atoms with van der Waals surface area (Å²) < 4.78 is 31.5. The highest BCUT2D eigenvalue weighted by atomic mass is 16.7. The van der Waals surface area contributed by atoms with Crippen LogP contribution >= 0.6 is 0 Å². The van der Waals surface area contributed by atoms with Gasteiger partial charge in [-0.25, -0.2) is 14.4 Å². The molecule has 0 aromatic heterocycles. The average Bonchev–Trinajstić information content (AvgIpc) is 3.05. The molecular weight excluding hydrogens is 644 g/mol. The van der Waals surface area contributed by atoms with Crippen LogP contribution in [0, 0.1) is 47.3 Å². The molecule has 8 rings (SSSR count). The lowest BCUT2D eigenvalue weighted by Crippen LogP contribution is -2.58. The highest BCUT2D eigenvalue weighted by molar-refractivity contribution is 5.87. The van der Waals surface area contributed by atoms with Gasteiger partial charge in [-0.15, -0.1) is 0 Å². The van der Waals surface area contributed by atoms with Gasteiger partial charge in [0.25, 0.3) is 0 Å². The molecule has 0 aromatic rings. The normalized spacial score (nSPS) is 35.2.